The molecule has 1 aromatic heterocycles. The molecule has 0 aliphatic carbocycles. The lowest BCUT2D eigenvalue weighted by Crippen LogP contribution is -2.25. The number of imidazole rings is 1. The lowest BCUT2D eigenvalue weighted by Gasteiger charge is -2.09. The maximum atomic E-state index is 11.8. The summed E-state index contributed by atoms with van der Waals surface area (Å²) in [5.41, 5.74) is 3.70. The van der Waals surface area contributed by atoms with Gasteiger partial charge >= 0.3 is 0 Å². The number of allylic oxidation sites excluding steroid dienone is 1. The largest absolute Gasteiger partial charge is 0.347 e. The molecule has 0 atom stereocenters. The minimum atomic E-state index is -0.137. The molecule has 1 amide bonds. The molecule has 0 unspecified atom stereocenters. The van der Waals surface area contributed by atoms with Crippen molar-refractivity contribution in [2.45, 2.75) is 26.3 Å². The van der Waals surface area contributed by atoms with Gasteiger partial charge in [0.2, 0.25) is 5.91 Å². The van der Waals surface area contributed by atoms with E-state index >= 15 is 0 Å². The summed E-state index contributed by atoms with van der Waals surface area (Å²) >= 11 is 0. The molecule has 0 fully saturated rings. The highest BCUT2D eigenvalue weighted by Gasteiger charge is 2.15. The number of rotatable bonds is 7. The van der Waals surface area contributed by atoms with E-state index < -0.39 is 0 Å². The number of hydrogen-bond donors (Lipinski definition) is 1. The van der Waals surface area contributed by atoms with Crippen LogP contribution in [0.25, 0.3) is 0 Å². The fourth-order valence-electron chi connectivity index (χ4n) is 2.42. The van der Waals surface area contributed by atoms with Crippen molar-refractivity contribution >= 4 is 5.91 Å². The van der Waals surface area contributed by atoms with Gasteiger partial charge in [-0.05, 0) is 12.5 Å². The molecule has 1 N–H and O–H groups in total. The van der Waals surface area contributed by atoms with Crippen LogP contribution in [0.5, 0.6) is 0 Å². The first kappa shape index (κ1) is 16.7. The summed E-state index contributed by atoms with van der Waals surface area (Å²) in [5, 5.41) is 2.90. The van der Waals surface area contributed by atoms with E-state index in [-0.39, 0.29) is 5.91 Å². The Kier molecular flexibility index (Phi) is 5.52. The summed E-state index contributed by atoms with van der Waals surface area (Å²) in [6.45, 7) is 9.59. The third-order valence-corrected chi connectivity index (χ3v) is 3.73. The smallest absolute Gasteiger partial charge is 0.246 e. The lowest BCUT2D eigenvalue weighted by atomic mass is 10.1. The molecule has 2 rings (SSSR count). The maximum absolute atomic E-state index is 11.8. The second-order valence-corrected chi connectivity index (χ2v) is 5.60. The van der Waals surface area contributed by atoms with Crippen molar-refractivity contribution in [2.75, 3.05) is 0 Å². The number of aromatic nitrogens is 2. The molecule has 120 valence electrons. The Morgan fingerprint density at radius 3 is 2.65 bits per heavy atom. The summed E-state index contributed by atoms with van der Waals surface area (Å²) in [5.74, 6) is 0.813. The molecular formula is C19H23N3O. The number of carbonyl (C=O) groups excluding carboxylic acids is 1. The topological polar surface area (TPSA) is 46.9 Å². The van der Waals surface area contributed by atoms with Crippen molar-refractivity contribution in [3.8, 4) is 0 Å². The fourth-order valence-corrected chi connectivity index (χ4v) is 2.42. The van der Waals surface area contributed by atoms with Crippen LogP contribution in [-0.4, -0.2) is 15.5 Å². The zero-order chi connectivity index (χ0) is 16.8. The molecule has 2 aromatic rings. The van der Waals surface area contributed by atoms with Crippen molar-refractivity contribution in [3.63, 3.8) is 0 Å². The Hall–Kier alpha value is -2.62. The van der Waals surface area contributed by atoms with E-state index in [0.717, 1.165) is 23.6 Å². The Morgan fingerprint density at radius 1 is 1.35 bits per heavy atom. The molecule has 23 heavy (non-hydrogen) atoms. The van der Waals surface area contributed by atoms with E-state index in [1.165, 1.54) is 5.56 Å². The molecule has 0 saturated heterocycles. The zero-order valence-electron chi connectivity index (χ0n) is 13.8. The molecular weight excluding hydrogens is 286 g/mol. The van der Waals surface area contributed by atoms with Gasteiger partial charge in [0.05, 0.1) is 17.9 Å². The number of nitrogens with one attached hydrogen (secondary N) is 1. The van der Waals surface area contributed by atoms with Gasteiger partial charge in [-0.25, -0.2) is 4.98 Å². The standard InChI is InChI=1S/C19H23N3O/c1-5-9-18-21-16(12-15-10-7-6-8-11-15)17(22(18)4)13-20-19(23)14(2)3/h5-8,10-11H,1-2,9,12-13H2,3-4H3,(H,20,23). The van der Waals surface area contributed by atoms with Crippen LogP contribution in [0.2, 0.25) is 0 Å². The molecule has 0 radical (unpaired) electrons. The first-order valence-electron chi connectivity index (χ1n) is 7.64. The predicted molar refractivity (Wildman–Crippen MR) is 93.0 cm³/mol. The second kappa shape index (κ2) is 7.58. The maximum Gasteiger partial charge on any atom is 0.246 e. The minimum Gasteiger partial charge on any atom is -0.347 e. The third kappa shape index (κ3) is 4.19. The highest BCUT2D eigenvalue weighted by atomic mass is 16.1. The highest BCUT2D eigenvalue weighted by molar-refractivity contribution is 5.91. The van der Waals surface area contributed by atoms with Gasteiger partial charge < -0.3 is 9.88 Å². The molecule has 0 aliphatic rings. The van der Waals surface area contributed by atoms with Gasteiger partial charge in [-0.3, -0.25) is 4.79 Å². The van der Waals surface area contributed by atoms with Gasteiger partial charge in [0, 0.05) is 25.5 Å². The zero-order valence-corrected chi connectivity index (χ0v) is 13.8. The fraction of sp³-hybridized carbons (Fsp3) is 0.263. The first-order chi connectivity index (χ1) is 11.0. The van der Waals surface area contributed by atoms with Crippen molar-refractivity contribution in [2.24, 2.45) is 7.05 Å². The monoisotopic (exact) mass is 309 g/mol. The van der Waals surface area contributed by atoms with Crippen LogP contribution in [0, 0.1) is 0 Å². The quantitative estimate of drug-likeness (QED) is 0.631. The molecule has 0 aliphatic heterocycles. The summed E-state index contributed by atoms with van der Waals surface area (Å²) in [6.07, 6.45) is 3.28. The molecule has 0 bridgehead atoms. The predicted octanol–water partition coefficient (Wildman–Crippen LogP) is 2.93. The van der Waals surface area contributed by atoms with Crippen LogP contribution in [0.1, 0.15) is 29.7 Å². The van der Waals surface area contributed by atoms with Gasteiger partial charge in [-0.15, -0.1) is 6.58 Å². The van der Waals surface area contributed by atoms with Crippen LogP contribution >= 0.6 is 0 Å². The molecule has 1 aromatic carbocycles. The summed E-state index contributed by atoms with van der Waals surface area (Å²) in [7, 11) is 1.97. The second-order valence-electron chi connectivity index (χ2n) is 5.60. The Bertz CT molecular complexity index is 714. The number of nitrogens with zero attached hydrogens (tertiary/aromatic N) is 2. The van der Waals surface area contributed by atoms with Crippen molar-refractivity contribution in [1.82, 2.24) is 14.9 Å². The van der Waals surface area contributed by atoms with E-state index in [4.69, 9.17) is 4.98 Å². The van der Waals surface area contributed by atoms with E-state index in [0.29, 0.717) is 18.5 Å². The lowest BCUT2D eigenvalue weighted by molar-refractivity contribution is -0.117. The van der Waals surface area contributed by atoms with Crippen LogP contribution in [0.15, 0.2) is 55.1 Å². The Morgan fingerprint density at radius 2 is 2.04 bits per heavy atom. The van der Waals surface area contributed by atoms with E-state index in [1.807, 2.05) is 35.9 Å². The number of carbonyl (C=O) groups is 1. The average molecular weight is 309 g/mol. The van der Waals surface area contributed by atoms with E-state index in [1.54, 1.807) is 6.92 Å². The molecule has 0 saturated carbocycles. The van der Waals surface area contributed by atoms with Gasteiger partial charge in [-0.1, -0.05) is 43.0 Å². The Labute approximate surface area is 137 Å². The van der Waals surface area contributed by atoms with Crippen molar-refractivity contribution in [1.29, 1.82) is 0 Å². The van der Waals surface area contributed by atoms with E-state index in [2.05, 4.69) is 30.6 Å². The SMILES string of the molecule is C=CCc1nc(Cc2ccccc2)c(CNC(=O)C(=C)C)n1C. The van der Waals surface area contributed by atoms with Gasteiger partial charge in [0.25, 0.3) is 0 Å². The van der Waals surface area contributed by atoms with Crippen LogP contribution in [0.3, 0.4) is 0 Å². The molecule has 4 heteroatoms. The number of amides is 1. The van der Waals surface area contributed by atoms with Crippen molar-refractivity contribution in [3.05, 3.63) is 77.9 Å². The van der Waals surface area contributed by atoms with Gasteiger partial charge in [0.1, 0.15) is 5.82 Å². The minimum absolute atomic E-state index is 0.137. The van der Waals surface area contributed by atoms with E-state index in [9.17, 15) is 4.79 Å². The molecule has 1 heterocycles. The summed E-state index contributed by atoms with van der Waals surface area (Å²) in [6, 6.07) is 10.2. The third-order valence-electron chi connectivity index (χ3n) is 3.73. The Balaban J connectivity index is 2.27. The average Bonchev–Trinajstić information content (AvgIpc) is 2.82. The highest BCUT2D eigenvalue weighted by Crippen LogP contribution is 2.16. The first-order valence-corrected chi connectivity index (χ1v) is 7.64. The normalized spacial score (nSPS) is 10.3. The summed E-state index contributed by atoms with van der Waals surface area (Å²) < 4.78 is 2.04. The van der Waals surface area contributed by atoms with Crippen LogP contribution < -0.4 is 5.32 Å². The number of benzene rings is 1. The molecule has 0 spiro atoms. The van der Waals surface area contributed by atoms with Gasteiger partial charge in [-0.2, -0.15) is 0 Å². The van der Waals surface area contributed by atoms with Crippen LogP contribution in [-0.2, 0) is 31.2 Å². The number of hydrogen-bond acceptors (Lipinski definition) is 2. The summed E-state index contributed by atoms with van der Waals surface area (Å²) in [4.78, 5) is 16.5. The van der Waals surface area contributed by atoms with Crippen molar-refractivity contribution < 1.29 is 4.79 Å². The van der Waals surface area contributed by atoms with Gasteiger partial charge in [0.15, 0.2) is 0 Å². The molecule has 4 nitrogen and oxygen atoms in total. The van der Waals surface area contributed by atoms with Crippen LogP contribution in [0.4, 0.5) is 0 Å².